The lowest BCUT2D eigenvalue weighted by molar-refractivity contribution is 0.0946. The van der Waals surface area contributed by atoms with E-state index in [1.807, 2.05) is 115 Å². The molecule has 638 valence electrons. The molecule has 1 saturated heterocycles. The van der Waals surface area contributed by atoms with E-state index in [0.717, 1.165) is 111 Å². The van der Waals surface area contributed by atoms with E-state index < -0.39 is 21.0 Å². The van der Waals surface area contributed by atoms with Crippen LogP contribution in [0.15, 0.2) is 237 Å². The largest absolute Gasteiger partial charge is 0.397 e. The van der Waals surface area contributed by atoms with Gasteiger partial charge in [0.05, 0.1) is 99.4 Å². The van der Waals surface area contributed by atoms with Crippen molar-refractivity contribution < 1.29 is 41.9 Å². The van der Waals surface area contributed by atoms with E-state index in [1.54, 1.807) is 100.0 Å². The number of ether oxygens (including phenoxy) is 1. The number of anilines is 7. The Morgan fingerprint density at radius 1 is 0.397 bits per heavy atom. The van der Waals surface area contributed by atoms with Gasteiger partial charge in [-0.1, -0.05) is 89.8 Å². The Morgan fingerprint density at radius 2 is 0.746 bits per heavy atom. The fourth-order valence-corrected chi connectivity index (χ4v) is 14.9. The third-order valence-electron chi connectivity index (χ3n) is 21.4. The van der Waals surface area contributed by atoms with Crippen LogP contribution in [-0.2, 0) is 14.6 Å². The normalized spacial score (nSPS) is 12.0. The van der Waals surface area contributed by atoms with Gasteiger partial charge in [-0.05, 0) is 169 Å². The Hall–Kier alpha value is -15.5. The average molecular weight is 1710 g/mol. The van der Waals surface area contributed by atoms with E-state index in [9.17, 15) is 37.2 Å². The molecule has 0 bridgehead atoms. The molecular weight excluding hydrogens is 1620 g/mol. The van der Waals surface area contributed by atoms with E-state index in [4.69, 9.17) is 16.2 Å². The van der Waals surface area contributed by atoms with E-state index in [1.165, 1.54) is 30.7 Å². The van der Waals surface area contributed by atoms with Gasteiger partial charge in [0, 0.05) is 119 Å². The molecule has 0 radical (unpaired) electrons. The number of ketones is 2. The molecule has 33 heteroatoms. The highest BCUT2D eigenvalue weighted by Gasteiger charge is 2.25. The number of aromatic nitrogens is 16. The highest BCUT2D eigenvalue weighted by molar-refractivity contribution is 7.91. The zero-order valence-corrected chi connectivity index (χ0v) is 70.6. The van der Waals surface area contributed by atoms with Crippen LogP contribution in [0.25, 0.3) is 88.1 Å². The first-order valence-electron chi connectivity index (χ1n) is 41.0. The standard InChI is InChI=1S/C25H26N6O2.C25H25N5O2.C22H20N6O2.C21H20N6O3S/c1-3-15(4-2)9-23(32)22-8-6-19(14-28-22)29-25(33)24-20-11-16(5-7-21(20)30-31-24)17-10-18(26)13-27-12-17;1-3-16(4-2)12-23(31)22-10-8-19(15-27-22)28-25(32)24-20-13-17(7-9-21(20)29-30-24)18-6-5-11-26-14-18;29-22(25-17-4-6-20(24-14-17)28-8-10-30-11-9-28)21-18-12-15(3-5-19(18)26-27-21)16-2-1-7-23-13-16;1-12(2)31(29,30)19-6-4-16(11-24-19)25-21(28)20-17-8-13(3-5-18(17)26-27-20)14-7-15(22)10-23-9-14/h5-8,10-15H,3-4,9,26H2,1-2H3,(H,29,33)(H,30,31);5-11,13-16H,3-4,12H2,1-2H3,(H,28,32)(H,29,30);1-7,12-14H,8-11H2,(H,25,29)(H,26,27);3-12H,22H2,1-2H3,(H,25,28)(H,26,27). The van der Waals surface area contributed by atoms with E-state index in [0.29, 0.717) is 116 Å². The number of carbonyl (C=O) groups is 6. The molecule has 1 aliphatic heterocycles. The maximum absolute atomic E-state index is 12.9. The van der Waals surface area contributed by atoms with Gasteiger partial charge < -0.3 is 42.4 Å². The number of pyridine rings is 8. The lowest BCUT2D eigenvalue weighted by Gasteiger charge is -2.27. The van der Waals surface area contributed by atoms with Crippen molar-refractivity contribution in [1.29, 1.82) is 0 Å². The number of rotatable bonds is 25. The zero-order valence-electron chi connectivity index (χ0n) is 69.8. The van der Waals surface area contributed by atoms with Crippen molar-refractivity contribution in [1.82, 2.24) is 80.7 Å². The van der Waals surface area contributed by atoms with Gasteiger partial charge in [0.15, 0.2) is 49.2 Å². The first-order valence-corrected chi connectivity index (χ1v) is 42.5. The summed E-state index contributed by atoms with van der Waals surface area (Å²) in [5.41, 5.74) is 26.9. The van der Waals surface area contributed by atoms with Crippen LogP contribution in [-0.4, -0.2) is 156 Å². The number of aromatic amines is 4. The summed E-state index contributed by atoms with van der Waals surface area (Å²) in [4.78, 5) is 112. The van der Waals surface area contributed by atoms with Gasteiger partial charge >= 0.3 is 0 Å². The minimum absolute atomic E-state index is 0.0171. The van der Waals surface area contributed by atoms with Crippen LogP contribution in [0.4, 0.5) is 39.9 Å². The second-order valence-electron chi connectivity index (χ2n) is 30.1. The quantitative estimate of drug-likeness (QED) is 0.0238. The fourth-order valence-electron chi connectivity index (χ4n) is 14.0. The number of amides is 4. The smallest absolute Gasteiger partial charge is 0.276 e. The average Bonchev–Trinajstić information content (AvgIpc) is 1.65. The minimum atomic E-state index is -3.48. The van der Waals surface area contributed by atoms with Crippen molar-refractivity contribution in [3.8, 4) is 44.5 Å². The molecule has 4 amide bonds. The van der Waals surface area contributed by atoms with Crippen LogP contribution in [0.2, 0.25) is 0 Å². The van der Waals surface area contributed by atoms with Crippen LogP contribution in [0.3, 0.4) is 0 Å². The highest BCUT2D eigenvalue weighted by atomic mass is 32.2. The molecule has 32 nitrogen and oxygen atoms in total. The Bertz CT molecular complexity index is 6680. The molecular formula is C93H91N23O9S. The molecule has 0 spiro atoms. The maximum Gasteiger partial charge on any atom is 0.276 e. The number of benzene rings is 4. The summed E-state index contributed by atoms with van der Waals surface area (Å²) in [7, 11) is -3.48. The number of hydrogen-bond acceptors (Lipinski definition) is 24. The minimum Gasteiger partial charge on any atom is -0.397 e. The molecule has 0 atom stereocenters. The molecule has 1 aliphatic rings. The molecule has 12 aromatic heterocycles. The third-order valence-corrected chi connectivity index (χ3v) is 23.5. The maximum atomic E-state index is 12.9. The molecule has 0 aliphatic carbocycles. The number of H-pyrrole nitrogens is 4. The Labute approximate surface area is 724 Å². The second kappa shape index (κ2) is 40.0. The van der Waals surface area contributed by atoms with Crippen molar-refractivity contribution in [3.05, 3.63) is 266 Å². The van der Waals surface area contributed by atoms with Gasteiger partial charge in [0.2, 0.25) is 0 Å². The number of carbonyl (C=O) groups excluding carboxylic acids is 6. The van der Waals surface area contributed by atoms with Crippen LogP contribution in [0, 0.1) is 11.8 Å². The molecule has 17 rings (SSSR count). The highest BCUT2D eigenvalue weighted by Crippen LogP contribution is 2.33. The van der Waals surface area contributed by atoms with Crippen LogP contribution in [0.5, 0.6) is 0 Å². The number of fused-ring (bicyclic) bond motifs is 4. The molecule has 13 heterocycles. The summed E-state index contributed by atoms with van der Waals surface area (Å²) in [6.45, 7) is 14.6. The molecule has 4 aromatic carbocycles. The van der Waals surface area contributed by atoms with Crippen molar-refractivity contribution in [3.63, 3.8) is 0 Å². The summed E-state index contributed by atoms with van der Waals surface area (Å²) in [6.07, 6.45) is 24.4. The third kappa shape index (κ3) is 21.0. The first-order chi connectivity index (χ1) is 61.1. The molecule has 0 saturated carbocycles. The lowest BCUT2D eigenvalue weighted by Crippen LogP contribution is -2.36. The Morgan fingerprint density at radius 3 is 1.06 bits per heavy atom. The van der Waals surface area contributed by atoms with Crippen molar-refractivity contribution in [2.45, 2.75) is 90.3 Å². The van der Waals surface area contributed by atoms with Gasteiger partial charge in [-0.3, -0.25) is 79.1 Å². The molecule has 0 unspecified atom stereocenters. The number of nitrogens with two attached hydrogens (primary N) is 2. The van der Waals surface area contributed by atoms with Crippen molar-refractivity contribution >= 4 is 129 Å². The number of Topliss-reactive ketones (excluding diaryl/α,β-unsaturated/α-hetero) is 2. The van der Waals surface area contributed by atoms with E-state index in [2.05, 4.69) is 135 Å². The number of nitrogens with zero attached hydrogens (tertiary/aromatic N) is 13. The van der Waals surface area contributed by atoms with Crippen LogP contribution in [0.1, 0.15) is 143 Å². The monoisotopic (exact) mass is 1710 g/mol. The number of sulfone groups is 1. The van der Waals surface area contributed by atoms with Crippen LogP contribution >= 0.6 is 0 Å². The predicted molar refractivity (Wildman–Crippen MR) is 486 cm³/mol. The summed E-state index contributed by atoms with van der Waals surface area (Å²) >= 11 is 0. The number of nitrogen functional groups attached to an aromatic ring is 2. The van der Waals surface area contributed by atoms with E-state index in [-0.39, 0.29) is 45.7 Å². The number of morpholine rings is 1. The fraction of sp³-hybridized carbons (Fsp3) is 0.204. The zero-order chi connectivity index (χ0) is 88.4. The molecule has 1 fully saturated rings. The van der Waals surface area contributed by atoms with Gasteiger partial charge in [0.1, 0.15) is 17.2 Å². The van der Waals surface area contributed by atoms with Crippen molar-refractivity contribution in [2.75, 3.05) is 63.9 Å². The topological polar surface area (TPSA) is 467 Å². The summed E-state index contributed by atoms with van der Waals surface area (Å²) in [5, 5.41) is 41.7. The van der Waals surface area contributed by atoms with Crippen LogP contribution < -0.4 is 37.6 Å². The molecule has 12 N–H and O–H groups in total. The predicted octanol–water partition coefficient (Wildman–Crippen LogP) is 16.3. The second-order valence-corrected chi connectivity index (χ2v) is 32.6. The van der Waals surface area contributed by atoms with Crippen molar-refractivity contribution in [2.24, 2.45) is 11.8 Å². The van der Waals surface area contributed by atoms with Gasteiger partial charge in [-0.15, -0.1) is 0 Å². The Balaban J connectivity index is 0.000000136. The van der Waals surface area contributed by atoms with Gasteiger partial charge in [-0.2, -0.15) is 20.4 Å². The molecule has 16 aromatic rings. The number of nitrogens with one attached hydrogen (secondary N) is 8. The first kappa shape index (κ1) is 86.9. The van der Waals surface area contributed by atoms with Gasteiger partial charge in [-0.25, -0.2) is 18.4 Å². The SMILES string of the molecule is CC(C)S(=O)(=O)c1ccc(NC(=O)c2n[nH]c3ccc(-c4cncc(N)c4)cc23)cn1.CCC(CC)CC(=O)c1ccc(NC(=O)c2n[nH]c3ccc(-c4cccnc4)cc23)cn1.CCC(CC)CC(=O)c1ccc(NC(=O)c2n[nH]c3ccc(-c4cncc(N)c4)cc23)cn1.O=C(Nc1ccc(N2CCOCC2)nc1)c1n[nH]c2ccc(-c3cccnc3)cc12. The Kier molecular flexibility index (Phi) is 27.6. The lowest BCUT2D eigenvalue weighted by atomic mass is 9.96. The summed E-state index contributed by atoms with van der Waals surface area (Å²) in [5.74, 6) is 0.192. The molecule has 126 heavy (non-hydrogen) atoms. The van der Waals surface area contributed by atoms with E-state index >= 15 is 0 Å². The number of hydrogen-bond donors (Lipinski definition) is 10. The summed E-state index contributed by atoms with van der Waals surface area (Å²) < 4.78 is 29.8. The van der Waals surface area contributed by atoms with Gasteiger partial charge in [0.25, 0.3) is 23.6 Å². The summed E-state index contributed by atoms with van der Waals surface area (Å²) in [6, 6.07) is 47.5.